The number of carbonyl (C=O) groups is 2. The number of carbonyl (C=O) groups excluding carboxylic acids is 2. The number of nitrogens with one attached hydrogen (secondary N) is 2. The first-order chi connectivity index (χ1) is 17.5. The average Bonchev–Trinajstić information content (AvgIpc) is 2.87. The smallest absolute Gasteiger partial charge is 0.407 e. The van der Waals surface area contributed by atoms with E-state index >= 15 is 0 Å². The summed E-state index contributed by atoms with van der Waals surface area (Å²) >= 11 is 0. The normalized spacial score (nSPS) is 13.2. The average molecular weight is 533 g/mol. The molecule has 0 fully saturated rings. The van der Waals surface area contributed by atoms with E-state index in [1.165, 1.54) is 19.2 Å². The number of hydrogen-bond acceptors (Lipinski definition) is 6. The highest BCUT2D eigenvalue weighted by Gasteiger charge is 2.29. The van der Waals surface area contributed by atoms with Gasteiger partial charge in [-0.25, -0.2) is 13.2 Å². The summed E-state index contributed by atoms with van der Waals surface area (Å²) in [7, 11) is -2.41. The lowest BCUT2D eigenvalue weighted by Crippen LogP contribution is -2.48. The molecule has 0 aromatic heterocycles. The molecule has 2 atom stereocenters. The first kappa shape index (κ1) is 30.1. The van der Waals surface area contributed by atoms with Crippen molar-refractivity contribution < 1.29 is 22.7 Å². The predicted molar refractivity (Wildman–Crippen MR) is 145 cm³/mol. The molecule has 9 nitrogen and oxygen atoms in total. The zero-order chi connectivity index (χ0) is 27.4. The van der Waals surface area contributed by atoms with Gasteiger partial charge in [0.15, 0.2) is 0 Å². The number of methoxy groups -OCH3 is 1. The van der Waals surface area contributed by atoms with Gasteiger partial charge in [0.05, 0.1) is 12.0 Å². The lowest BCUT2D eigenvalue weighted by atomic mass is 10.1. The number of amides is 2. The SMILES string of the molecule is COC(=O)N[C@@H](Cc1ccccc1)C(=O)NCCCC[C@@H](C)N(CC(C)C)S(=O)(=O)c1ccc(N)cc1. The maximum atomic E-state index is 13.3. The Labute approximate surface area is 220 Å². The van der Waals surface area contributed by atoms with Crippen molar-refractivity contribution in [3.05, 3.63) is 60.2 Å². The minimum atomic E-state index is -3.67. The molecule has 10 heteroatoms. The van der Waals surface area contributed by atoms with Crippen molar-refractivity contribution in [1.29, 1.82) is 0 Å². The van der Waals surface area contributed by atoms with E-state index in [1.54, 1.807) is 16.4 Å². The predicted octanol–water partition coefficient (Wildman–Crippen LogP) is 3.56. The van der Waals surface area contributed by atoms with Crippen LogP contribution in [0.25, 0.3) is 0 Å². The molecule has 204 valence electrons. The number of alkyl carbamates (subject to hydrolysis) is 1. The molecule has 0 radical (unpaired) electrons. The molecule has 0 spiro atoms. The van der Waals surface area contributed by atoms with E-state index in [4.69, 9.17) is 5.73 Å². The maximum Gasteiger partial charge on any atom is 0.407 e. The molecule has 0 heterocycles. The molecule has 0 aliphatic heterocycles. The number of unbranched alkanes of at least 4 members (excludes halogenated alkanes) is 1. The van der Waals surface area contributed by atoms with Crippen LogP contribution in [-0.4, -0.2) is 57.0 Å². The Morgan fingerprint density at radius 2 is 1.65 bits per heavy atom. The van der Waals surface area contributed by atoms with Crippen LogP contribution in [0.5, 0.6) is 0 Å². The van der Waals surface area contributed by atoms with Gasteiger partial charge in [-0.05, 0) is 55.5 Å². The molecule has 0 bridgehead atoms. The van der Waals surface area contributed by atoms with Crippen LogP contribution in [0.3, 0.4) is 0 Å². The van der Waals surface area contributed by atoms with Gasteiger partial charge >= 0.3 is 6.09 Å². The molecule has 2 aromatic rings. The zero-order valence-corrected chi connectivity index (χ0v) is 23.0. The summed E-state index contributed by atoms with van der Waals surface area (Å²) in [5, 5.41) is 5.46. The summed E-state index contributed by atoms with van der Waals surface area (Å²) in [5.41, 5.74) is 7.15. The molecule has 0 saturated heterocycles. The summed E-state index contributed by atoms with van der Waals surface area (Å²) in [6.07, 6.45) is 1.71. The highest BCUT2D eigenvalue weighted by Crippen LogP contribution is 2.23. The van der Waals surface area contributed by atoms with Crippen LogP contribution < -0.4 is 16.4 Å². The van der Waals surface area contributed by atoms with Gasteiger partial charge in [0, 0.05) is 31.2 Å². The summed E-state index contributed by atoms with van der Waals surface area (Å²) in [4.78, 5) is 24.7. The van der Waals surface area contributed by atoms with Gasteiger partial charge in [0.1, 0.15) is 6.04 Å². The molecular weight excluding hydrogens is 492 g/mol. The van der Waals surface area contributed by atoms with E-state index in [9.17, 15) is 18.0 Å². The van der Waals surface area contributed by atoms with E-state index in [0.29, 0.717) is 38.0 Å². The number of rotatable bonds is 14. The molecular formula is C27H40N4O5S. The van der Waals surface area contributed by atoms with Crippen molar-refractivity contribution in [1.82, 2.24) is 14.9 Å². The molecule has 37 heavy (non-hydrogen) atoms. The molecule has 2 amide bonds. The highest BCUT2D eigenvalue weighted by molar-refractivity contribution is 7.89. The fraction of sp³-hybridized carbons (Fsp3) is 0.481. The molecule has 0 aliphatic carbocycles. The van der Waals surface area contributed by atoms with E-state index in [0.717, 1.165) is 12.0 Å². The van der Waals surface area contributed by atoms with Crippen molar-refractivity contribution in [2.24, 2.45) is 5.92 Å². The molecule has 0 aliphatic rings. The van der Waals surface area contributed by atoms with Gasteiger partial charge in [0.2, 0.25) is 15.9 Å². The second-order valence-corrected chi connectivity index (χ2v) is 11.4. The topological polar surface area (TPSA) is 131 Å². The Morgan fingerprint density at radius 1 is 1.00 bits per heavy atom. The molecule has 0 unspecified atom stereocenters. The van der Waals surface area contributed by atoms with E-state index < -0.39 is 22.2 Å². The third-order valence-corrected chi connectivity index (χ3v) is 7.94. The van der Waals surface area contributed by atoms with Gasteiger partial charge in [-0.3, -0.25) is 4.79 Å². The molecule has 2 aromatic carbocycles. The zero-order valence-electron chi connectivity index (χ0n) is 22.1. The van der Waals surface area contributed by atoms with Crippen molar-refractivity contribution >= 4 is 27.7 Å². The third-order valence-electron chi connectivity index (χ3n) is 5.95. The number of nitrogens with zero attached hydrogens (tertiary/aromatic N) is 1. The Kier molecular flexibility index (Phi) is 11.9. The Hall–Kier alpha value is -3.11. The quantitative estimate of drug-likeness (QED) is 0.252. The van der Waals surface area contributed by atoms with Crippen LogP contribution in [0.4, 0.5) is 10.5 Å². The van der Waals surface area contributed by atoms with Crippen molar-refractivity contribution in [2.75, 3.05) is 25.9 Å². The van der Waals surface area contributed by atoms with E-state index in [2.05, 4.69) is 15.4 Å². The summed E-state index contributed by atoms with van der Waals surface area (Å²) in [5.74, 6) is -0.135. The molecule has 0 saturated carbocycles. The number of hydrogen-bond donors (Lipinski definition) is 3. The first-order valence-electron chi connectivity index (χ1n) is 12.6. The number of nitrogens with two attached hydrogens (primary N) is 1. The maximum absolute atomic E-state index is 13.3. The Morgan fingerprint density at radius 3 is 2.24 bits per heavy atom. The standard InChI is InChI=1S/C27H40N4O5S/c1-20(2)19-31(37(34,35)24-15-13-23(28)14-16-24)21(3)10-8-9-17-29-26(32)25(30-27(33)36-4)18-22-11-6-5-7-12-22/h5-7,11-16,20-21,25H,8-10,17-19,28H2,1-4H3,(H,29,32)(H,30,33)/t21-,25+/m1/s1. The van der Waals surface area contributed by atoms with Crippen LogP contribution >= 0.6 is 0 Å². The number of sulfonamides is 1. The summed E-state index contributed by atoms with van der Waals surface area (Å²) in [6, 6.07) is 14.7. The van der Waals surface area contributed by atoms with Crippen molar-refractivity contribution in [3.63, 3.8) is 0 Å². The lowest BCUT2D eigenvalue weighted by Gasteiger charge is -2.30. The highest BCUT2D eigenvalue weighted by atomic mass is 32.2. The van der Waals surface area contributed by atoms with Crippen molar-refractivity contribution in [2.45, 2.75) is 63.4 Å². The second-order valence-electron chi connectivity index (χ2n) is 9.55. The van der Waals surface area contributed by atoms with Gasteiger partial charge in [0.25, 0.3) is 0 Å². The minimum Gasteiger partial charge on any atom is -0.453 e. The summed E-state index contributed by atoms with van der Waals surface area (Å²) in [6.45, 7) is 6.70. The lowest BCUT2D eigenvalue weighted by molar-refractivity contribution is -0.123. The monoisotopic (exact) mass is 532 g/mol. The number of anilines is 1. The van der Waals surface area contributed by atoms with Crippen LogP contribution in [0.1, 0.15) is 45.6 Å². The largest absolute Gasteiger partial charge is 0.453 e. The number of ether oxygens (including phenoxy) is 1. The fourth-order valence-electron chi connectivity index (χ4n) is 3.95. The number of nitrogen functional groups attached to an aromatic ring is 1. The van der Waals surface area contributed by atoms with Crippen LogP contribution in [-0.2, 0) is 26.0 Å². The van der Waals surface area contributed by atoms with Gasteiger partial charge in [-0.15, -0.1) is 0 Å². The minimum absolute atomic E-state index is 0.161. The van der Waals surface area contributed by atoms with Crippen LogP contribution in [0.15, 0.2) is 59.5 Å². The van der Waals surface area contributed by atoms with Crippen molar-refractivity contribution in [3.8, 4) is 0 Å². The van der Waals surface area contributed by atoms with E-state index in [1.807, 2.05) is 51.1 Å². The molecule has 2 rings (SSSR count). The summed E-state index contributed by atoms with van der Waals surface area (Å²) < 4.78 is 32.9. The van der Waals surface area contributed by atoms with Crippen LogP contribution in [0, 0.1) is 5.92 Å². The second kappa shape index (κ2) is 14.6. The third kappa shape index (κ3) is 9.70. The fourth-order valence-corrected chi connectivity index (χ4v) is 5.78. The Balaban J connectivity index is 1.92. The van der Waals surface area contributed by atoms with E-state index in [-0.39, 0.29) is 22.8 Å². The molecule has 4 N–H and O–H groups in total. The van der Waals surface area contributed by atoms with Gasteiger partial charge < -0.3 is 21.1 Å². The van der Waals surface area contributed by atoms with Gasteiger partial charge in [-0.1, -0.05) is 50.6 Å². The number of benzene rings is 2. The van der Waals surface area contributed by atoms with Gasteiger partial charge in [-0.2, -0.15) is 4.31 Å². The first-order valence-corrected chi connectivity index (χ1v) is 14.0. The van der Waals surface area contributed by atoms with Crippen LogP contribution in [0.2, 0.25) is 0 Å². The Bertz CT molecular complexity index is 1090.